The van der Waals surface area contributed by atoms with Crippen LogP contribution in [-0.2, 0) is 14.8 Å². The highest BCUT2D eigenvalue weighted by Crippen LogP contribution is 2.28. The molecule has 26 heavy (non-hydrogen) atoms. The van der Waals surface area contributed by atoms with Gasteiger partial charge in [-0.3, -0.25) is 4.79 Å². The number of benzene rings is 1. The third-order valence-electron chi connectivity index (χ3n) is 4.28. The van der Waals surface area contributed by atoms with E-state index in [1.54, 1.807) is 23.7 Å². The van der Waals surface area contributed by atoms with E-state index in [-0.39, 0.29) is 29.8 Å². The lowest BCUT2D eigenvalue weighted by molar-refractivity contribution is -0.120. The van der Waals surface area contributed by atoms with Crippen molar-refractivity contribution in [3.63, 3.8) is 0 Å². The molecular formula is C14H14N6O3S3. The fourth-order valence-corrected chi connectivity index (χ4v) is 5.59. The third-order valence-corrected chi connectivity index (χ3v) is 7.36. The fraction of sp³-hybridized carbons (Fsp3) is 0.357. The number of aromatic nitrogens is 4. The van der Waals surface area contributed by atoms with Crippen LogP contribution < -0.4 is 5.32 Å². The lowest BCUT2D eigenvalue weighted by atomic mass is 9.97. The van der Waals surface area contributed by atoms with Crippen molar-refractivity contribution in [1.82, 2.24) is 23.2 Å². The number of piperidine rings is 1. The normalized spacial score (nSPS) is 16.8. The maximum absolute atomic E-state index is 13.0. The van der Waals surface area contributed by atoms with E-state index in [0.717, 1.165) is 11.7 Å². The van der Waals surface area contributed by atoms with Gasteiger partial charge < -0.3 is 5.32 Å². The zero-order valence-electron chi connectivity index (χ0n) is 13.4. The SMILES string of the molecule is O=C(Nc1nncs1)C1CCN(S(=O)(=O)c2cccc3nsnc23)CC1. The van der Waals surface area contributed by atoms with E-state index >= 15 is 0 Å². The molecule has 1 saturated heterocycles. The average molecular weight is 411 g/mol. The first kappa shape index (κ1) is 17.4. The molecule has 1 aliphatic heterocycles. The van der Waals surface area contributed by atoms with Crippen LogP contribution in [0.5, 0.6) is 0 Å². The van der Waals surface area contributed by atoms with Crippen LogP contribution in [0.3, 0.4) is 0 Å². The predicted octanol–water partition coefficient (Wildman–Crippen LogP) is 1.58. The molecule has 9 nitrogen and oxygen atoms in total. The molecule has 1 fully saturated rings. The third kappa shape index (κ3) is 3.20. The molecule has 0 unspecified atom stereocenters. The molecule has 3 aromatic rings. The summed E-state index contributed by atoms with van der Waals surface area (Å²) in [4.78, 5) is 12.4. The summed E-state index contributed by atoms with van der Waals surface area (Å²) in [6.07, 6.45) is 0.907. The maximum atomic E-state index is 13.0. The molecule has 0 atom stereocenters. The number of fused-ring (bicyclic) bond motifs is 1. The highest BCUT2D eigenvalue weighted by molar-refractivity contribution is 7.89. The molecule has 0 aliphatic carbocycles. The summed E-state index contributed by atoms with van der Waals surface area (Å²) in [7, 11) is -3.67. The Hall–Kier alpha value is -2.02. The van der Waals surface area contributed by atoms with E-state index in [1.807, 2.05) is 0 Å². The van der Waals surface area contributed by atoms with Crippen molar-refractivity contribution in [1.29, 1.82) is 0 Å². The van der Waals surface area contributed by atoms with Crippen LogP contribution in [0.25, 0.3) is 11.0 Å². The molecule has 2 aromatic heterocycles. The molecule has 136 valence electrons. The standard InChI is InChI=1S/C14H14N6O3S3/c21-13(16-14-17-15-8-24-14)9-4-6-20(7-5-9)26(22,23)11-3-1-2-10-12(11)19-25-18-10/h1-3,8-9H,4-7H2,(H,16,17,21). The smallest absolute Gasteiger partial charge is 0.245 e. The molecule has 0 spiro atoms. The van der Waals surface area contributed by atoms with Crippen LogP contribution in [0.4, 0.5) is 5.13 Å². The number of amides is 1. The van der Waals surface area contributed by atoms with Crippen molar-refractivity contribution < 1.29 is 13.2 Å². The lowest BCUT2D eigenvalue weighted by Gasteiger charge is -2.30. The highest BCUT2D eigenvalue weighted by Gasteiger charge is 2.33. The zero-order valence-corrected chi connectivity index (χ0v) is 15.9. The fourth-order valence-electron chi connectivity index (χ4n) is 2.92. The molecule has 0 bridgehead atoms. The molecule has 1 amide bonds. The molecule has 0 radical (unpaired) electrons. The molecule has 4 rings (SSSR count). The van der Waals surface area contributed by atoms with Gasteiger partial charge >= 0.3 is 0 Å². The Kier molecular flexibility index (Phi) is 4.65. The number of carbonyl (C=O) groups excluding carboxylic acids is 1. The van der Waals surface area contributed by atoms with Gasteiger partial charge in [-0.05, 0) is 25.0 Å². The number of nitrogens with one attached hydrogen (secondary N) is 1. The molecule has 0 saturated carbocycles. The van der Waals surface area contributed by atoms with Crippen molar-refractivity contribution in [2.24, 2.45) is 5.92 Å². The Morgan fingerprint density at radius 3 is 2.77 bits per heavy atom. The summed E-state index contributed by atoms with van der Waals surface area (Å²) in [6.45, 7) is 0.564. The molecule has 1 N–H and O–H groups in total. The predicted molar refractivity (Wildman–Crippen MR) is 97.4 cm³/mol. The van der Waals surface area contributed by atoms with Crippen molar-refractivity contribution in [2.45, 2.75) is 17.7 Å². The Morgan fingerprint density at radius 2 is 2.04 bits per heavy atom. The van der Waals surface area contributed by atoms with Gasteiger partial charge in [0, 0.05) is 19.0 Å². The van der Waals surface area contributed by atoms with E-state index < -0.39 is 10.0 Å². The molecule has 1 aliphatic rings. The Bertz CT molecular complexity index is 1030. The number of hydrogen-bond donors (Lipinski definition) is 1. The number of anilines is 1. The van der Waals surface area contributed by atoms with E-state index in [9.17, 15) is 13.2 Å². The second kappa shape index (κ2) is 6.95. The van der Waals surface area contributed by atoms with Gasteiger partial charge in [0.2, 0.25) is 21.1 Å². The number of nitrogens with zero attached hydrogens (tertiary/aromatic N) is 5. The topological polar surface area (TPSA) is 118 Å². The van der Waals surface area contributed by atoms with Crippen LogP contribution in [0.2, 0.25) is 0 Å². The Morgan fingerprint density at radius 1 is 1.23 bits per heavy atom. The van der Waals surface area contributed by atoms with E-state index in [2.05, 4.69) is 24.3 Å². The van der Waals surface area contributed by atoms with Crippen LogP contribution in [0.1, 0.15) is 12.8 Å². The molecular weight excluding hydrogens is 396 g/mol. The monoisotopic (exact) mass is 410 g/mol. The van der Waals surface area contributed by atoms with Crippen LogP contribution >= 0.6 is 23.1 Å². The molecule has 3 heterocycles. The van der Waals surface area contributed by atoms with Gasteiger partial charge in [0.05, 0.1) is 11.7 Å². The van der Waals surface area contributed by atoms with Crippen LogP contribution in [0.15, 0.2) is 28.6 Å². The zero-order chi connectivity index (χ0) is 18.1. The number of carbonyl (C=O) groups is 1. The summed E-state index contributed by atoms with van der Waals surface area (Å²) < 4.78 is 35.6. The van der Waals surface area contributed by atoms with Crippen LogP contribution in [-0.4, -0.2) is 50.7 Å². The van der Waals surface area contributed by atoms with E-state index in [1.165, 1.54) is 15.6 Å². The first-order valence-corrected chi connectivity index (χ1v) is 10.9. The van der Waals surface area contributed by atoms with E-state index in [0.29, 0.717) is 29.0 Å². The van der Waals surface area contributed by atoms with E-state index in [4.69, 9.17) is 0 Å². The Labute approximate surface area is 157 Å². The Balaban J connectivity index is 1.47. The largest absolute Gasteiger partial charge is 0.300 e. The minimum absolute atomic E-state index is 0.149. The second-order valence-electron chi connectivity index (χ2n) is 5.80. The number of hydrogen-bond acceptors (Lipinski definition) is 9. The summed E-state index contributed by atoms with van der Waals surface area (Å²) in [5, 5.41) is 10.6. The number of sulfonamides is 1. The van der Waals surface area contributed by atoms with Gasteiger partial charge in [0.1, 0.15) is 21.4 Å². The van der Waals surface area contributed by atoms with Crippen molar-refractivity contribution in [2.75, 3.05) is 18.4 Å². The summed E-state index contributed by atoms with van der Waals surface area (Å²) in [6, 6.07) is 4.95. The van der Waals surface area contributed by atoms with Crippen LogP contribution in [0, 0.1) is 5.92 Å². The van der Waals surface area contributed by atoms with Crippen molar-refractivity contribution in [3.05, 3.63) is 23.7 Å². The lowest BCUT2D eigenvalue weighted by Crippen LogP contribution is -2.41. The van der Waals surface area contributed by atoms with Gasteiger partial charge in [-0.25, -0.2) is 8.42 Å². The molecule has 1 aromatic carbocycles. The summed E-state index contributed by atoms with van der Waals surface area (Å²) >= 11 is 2.24. The molecule has 12 heteroatoms. The minimum Gasteiger partial charge on any atom is -0.300 e. The van der Waals surface area contributed by atoms with Gasteiger partial charge in [0.25, 0.3) is 0 Å². The van der Waals surface area contributed by atoms with Gasteiger partial charge in [-0.1, -0.05) is 17.4 Å². The van der Waals surface area contributed by atoms with Crippen molar-refractivity contribution >= 4 is 55.2 Å². The van der Waals surface area contributed by atoms with Gasteiger partial charge in [-0.15, -0.1) is 10.2 Å². The first-order valence-electron chi connectivity index (χ1n) is 7.84. The second-order valence-corrected chi connectivity index (χ2v) is 9.07. The summed E-state index contributed by atoms with van der Waals surface area (Å²) in [5.41, 5.74) is 2.51. The number of rotatable bonds is 4. The van der Waals surface area contributed by atoms with Gasteiger partial charge in [0.15, 0.2) is 0 Å². The first-order chi connectivity index (χ1) is 12.6. The maximum Gasteiger partial charge on any atom is 0.245 e. The summed E-state index contributed by atoms with van der Waals surface area (Å²) in [5.74, 6) is -0.397. The quantitative estimate of drug-likeness (QED) is 0.694. The average Bonchev–Trinajstić information content (AvgIpc) is 3.32. The minimum atomic E-state index is -3.67. The highest BCUT2D eigenvalue weighted by atomic mass is 32.2. The van der Waals surface area contributed by atoms with Gasteiger partial charge in [-0.2, -0.15) is 13.1 Å². The van der Waals surface area contributed by atoms with Crippen molar-refractivity contribution in [3.8, 4) is 0 Å².